The summed E-state index contributed by atoms with van der Waals surface area (Å²) in [6.07, 6.45) is 14.3. The predicted molar refractivity (Wildman–Crippen MR) is 67.2 cm³/mol. The average Bonchev–Trinajstić information content (AvgIpc) is 2.15. The fourth-order valence-electron chi connectivity index (χ4n) is 1.31. The van der Waals surface area contributed by atoms with Crippen LogP contribution in [0.25, 0.3) is 0 Å². The second kappa shape index (κ2) is 11.4. The van der Waals surface area contributed by atoms with Gasteiger partial charge < -0.3 is 0 Å². The third kappa shape index (κ3) is 12.3. The molecule has 0 aliphatic rings. The van der Waals surface area contributed by atoms with E-state index in [-0.39, 0.29) is 4.84 Å². The summed E-state index contributed by atoms with van der Waals surface area (Å²) in [5.41, 5.74) is 0. The molecule has 0 N–H and O–H groups in total. The van der Waals surface area contributed by atoms with E-state index >= 15 is 0 Å². The maximum absolute atomic E-state index is 5.62. The molecule has 84 valence electrons. The van der Waals surface area contributed by atoms with Crippen molar-refractivity contribution >= 4 is 23.2 Å². The monoisotopic (exact) mass is 236 g/mol. The Kier molecular flexibility index (Phi) is 11.7. The van der Waals surface area contributed by atoms with Crippen molar-refractivity contribution in [2.75, 3.05) is 0 Å². The van der Waals surface area contributed by atoms with E-state index in [2.05, 4.69) is 19.1 Å². The summed E-state index contributed by atoms with van der Waals surface area (Å²) >= 11 is 11.2. The second-order valence-electron chi connectivity index (χ2n) is 3.64. The Hall–Kier alpha value is 0.320. The smallest absolute Gasteiger partial charge is 0.105 e. The molecule has 0 aliphatic carbocycles. The first-order chi connectivity index (χ1) is 6.77. The maximum atomic E-state index is 5.62. The maximum Gasteiger partial charge on any atom is 0.107 e. The third-order valence-electron chi connectivity index (χ3n) is 2.18. The number of alkyl halides is 2. The lowest BCUT2D eigenvalue weighted by atomic mass is 10.1. The predicted octanol–water partition coefficient (Wildman–Crippen LogP) is 5.49. The molecule has 0 saturated heterocycles. The van der Waals surface area contributed by atoms with Crippen LogP contribution in [-0.4, -0.2) is 4.84 Å². The lowest BCUT2D eigenvalue weighted by Gasteiger charge is -1.98. The first-order valence-corrected chi connectivity index (χ1v) is 6.57. The number of rotatable bonds is 9. The zero-order valence-electron chi connectivity index (χ0n) is 9.14. The summed E-state index contributed by atoms with van der Waals surface area (Å²) in [7, 11) is 0. The van der Waals surface area contributed by atoms with Crippen LogP contribution in [0.4, 0.5) is 0 Å². The van der Waals surface area contributed by atoms with Gasteiger partial charge >= 0.3 is 0 Å². The van der Waals surface area contributed by atoms with Gasteiger partial charge in [-0.2, -0.15) is 0 Å². The van der Waals surface area contributed by atoms with E-state index in [4.69, 9.17) is 23.2 Å². The summed E-state index contributed by atoms with van der Waals surface area (Å²) in [6, 6.07) is 0. The van der Waals surface area contributed by atoms with Gasteiger partial charge in [-0.3, -0.25) is 0 Å². The molecule has 0 fully saturated rings. The van der Waals surface area contributed by atoms with Crippen molar-refractivity contribution in [3.05, 3.63) is 12.2 Å². The van der Waals surface area contributed by atoms with Crippen molar-refractivity contribution in [1.29, 1.82) is 0 Å². The highest BCUT2D eigenvalue weighted by atomic mass is 35.5. The van der Waals surface area contributed by atoms with Gasteiger partial charge in [0.1, 0.15) is 4.84 Å². The second-order valence-corrected chi connectivity index (χ2v) is 4.92. The quantitative estimate of drug-likeness (QED) is 0.282. The van der Waals surface area contributed by atoms with E-state index in [9.17, 15) is 0 Å². The summed E-state index contributed by atoms with van der Waals surface area (Å²) in [4.78, 5) is -0.177. The van der Waals surface area contributed by atoms with Crippen LogP contribution >= 0.6 is 23.2 Å². The van der Waals surface area contributed by atoms with Gasteiger partial charge in [-0.05, 0) is 32.1 Å². The van der Waals surface area contributed by atoms with Crippen LogP contribution in [0, 0.1) is 0 Å². The van der Waals surface area contributed by atoms with Gasteiger partial charge in [0.05, 0.1) is 0 Å². The minimum Gasteiger partial charge on any atom is -0.105 e. The number of allylic oxidation sites excluding steroid dienone is 2. The Balaban J connectivity index is 3.03. The third-order valence-corrected chi connectivity index (χ3v) is 2.62. The molecule has 2 heteroatoms. The van der Waals surface area contributed by atoms with Gasteiger partial charge in [-0.1, -0.05) is 38.3 Å². The lowest BCUT2D eigenvalue weighted by molar-refractivity contribution is 0.709. The van der Waals surface area contributed by atoms with Crippen LogP contribution in [0.2, 0.25) is 0 Å². The average molecular weight is 237 g/mol. The van der Waals surface area contributed by atoms with E-state index < -0.39 is 0 Å². The van der Waals surface area contributed by atoms with Crippen LogP contribution in [0.5, 0.6) is 0 Å². The molecular formula is C12H22Cl2. The highest BCUT2D eigenvalue weighted by Crippen LogP contribution is 2.12. The molecule has 0 bridgehead atoms. The molecule has 0 aromatic carbocycles. The fraction of sp³-hybridized carbons (Fsp3) is 0.833. The summed E-state index contributed by atoms with van der Waals surface area (Å²) in [5, 5.41) is 0. The van der Waals surface area contributed by atoms with E-state index in [0.717, 1.165) is 12.8 Å². The molecular weight excluding hydrogens is 215 g/mol. The van der Waals surface area contributed by atoms with Crippen molar-refractivity contribution in [1.82, 2.24) is 0 Å². The highest BCUT2D eigenvalue weighted by molar-refractivity contribution is 6.44. The summed E-state index contributed by atoms with van der Waals surface area (Å²) in [6.45, 7) is 2.23. The van der Waals surface area contributed by atoms with Gasteiger partial charge in [0.15, 0.2) is 0 Å². The van der Waals surface area contributed by atoms with Crippen molar-refractivity contribution < 1.29 is 0 Å². The van der Waals surface area contributed by atoms with Crippen LogP contribution < -0.4 is 0 Å². The van der Waals surface area contributed by atoms with E-state index in [1.54, 1.807) is 0 Å². The number of halogens is 2. The molecule has 0 aromatic heterocycles. The van der Waals surface area contributed by atoms with Crippen LogP contribution in [-0.2, 0) is 0 Å². The van der Waals surface area contributed by atoms with Gasteiger partial charge in [-0.15, -0.1) is 23.2 Å². The minimum atomic E-state index is -0.177. The van der Waals surface area contributed by atoms with E-state index in [1.165, 1.54) is 38.5 Å². The van der Waals surface area contributed by atoms with Gasteiger partial charge in [-0.25, -0.2) is 0 Å². The van der Waals surface area contributed by atoms with E-state index in [0.29, 0.717) is 0 Å². The Morgan fingerprint density at radius 3 is 2.00 bits per heavy atom. The van der Waals surface area contributed by atoms with Crippen molar-refractivity contribution in [2.24, 2.45) is 0 Å². The fourth-order valence-corrected chi connectivity index (χ4v) is 1.62. The number of hydrogen-bond donors (Lipinski definition) is 0. The van der Waals surface area contributed by atoms with Gasteiger partial charge in [0, 0.05) is 0 Å². The molecule has 0 rings (SSSR count). The van der Waals surface area contributed by atoms with Crippen molar-refractivity contribution in [3.63, 3.8) is 0 Å². The molecule has 14 heavy (non-hydrogen) atoms. The summed E-state index contributed by atoms with van der Waals surface area (Å²) < 4.78 is 0. The molecule has 0 aliphatic heterocycles. The first kappa shape index (κ1) is 14.3. The molecule has 0 atom stereocenters. The van der Waals surface area contributed by atoms with Crippen LogP contribution in [0.3, 0.4) is 0 Å². The van der Waals surface area contributed by atoms with Gasteiger partial charge in [0.25, 0.3) is 0 Å². The normalized spacial score (nSPS) is 11.7. The Morgan fingerprint density at radius 2 is 1.50 bits per heavy atom. The largest absolute Gasteiger partial charge is 0.107 e. The van der Waals surface area contributed by atoms with Crippen molar-refractivity contribution in [3.8, 4) is 0 Å². The zero-order valence-corrected chi connectivity index (χ0v) is 10.7. The van der Waals surface area contributed by atoms with Gasteiger partial charge in [0.2, 0.25) is 0 Å². The molecule has 0 radical (unpaired) electrons. The summed E-state index contributed by atoms with van der Waals surface area (Å²) in [5.74, 6) is 0. The Bertz CT molecular complexity index is 130. The molecule has 0 amide bonds. The SMILES string of the molecule is CCCCC/C=C/CCCCC(Cl)Cl. The minimum absolute atomic E-state index is 0.177. The molecule has 0 heterocycles. The Morgan fingerprint density at radius 1 is 0.929 bits per heavy atom. The van der Waals surface area contributed by atoms with Crippen LogP contribution in [0.15, 0.2) is 12.2 Å². The van der Waals surface area contributed by atoms with Crippen molar-refractivity contribution in [2.45, 2.75) is 63.1 Å². The number of hydrogen-bond acceptors (Lipinski definition) is 0. The van der Waals surface area contributed by atoms with Crippen LogP contribution in [0.1, 0.15) is 58.3 Å². The Labute approximate surface area is 98.7 Å². The molecule has 0 unspecified atom stereocenters. The highest BCUT2D eigenvalue weighted by Gasteiger charge is 1.96. The molecule has 0 spiro atoms. The molecule has 0 aromatic rings. The van der Waals surface area contributed by atoms with E-state index in [1.807, 2.05) is 0 Å². The first-order valence-electron chi connectivity index (χ1n) is 5.70. The lowest BCUT2D eigenvalue weighted by Crippen LogP contribution is -1.85. The standard InChI is InChI=1S/C12H22Cl2/c1-2-3-4-5-6-7-8-9-10-11-12(13)14/h6-7,12H,2-5,8-11H2,1H3/b7-6+. The zero-order chi connectivity index (χ0) is 10.6. The molecule has 0 saturated carbocycles. The molecule has 0 nitrogen and oxygen atoms in total. The number of unbranched alkanes of at least 4 members (excludes halogenated alkanes) is 5. The topological polar surface area (TPSA) is 0 Å².